The van der Waals surface area contributed by atoms with Crippen LogP contribution >= 0.6 is 33.9 Å². The average Bonchev–Trinajstić information content (AvgIpc) is 3.26. The summed E-state index contributed by atoms with van der Waals surface area (Å²) in [4.78, 5) is 10.9. The number of benzene rings is 2. The largest absolute Gasteiger partial charge is 0.285 e. The highest BCUT2D eigenvalue weighted by atomic mass is 127. The lowest BCUT2D eigenvalue weighted by atomic mass is 10.1. The Hall–Kier alpha value is -2.50. The van der Waals surface area contributed by atoms with Crippen molar-refractivity contribution in [2.75, 3.05) is 9.62 Å². The highest BCUT2D eigenvalue weighted by Crippen LogP contribution is 2.38. The van der Waals surface area contributed by atoms with Gasteiger partial charge in [0.1, 0.15) is 0 Å². The monoisotopic (exact) mass is 548 g/mol. The summed E-state index contributed by atoms with van der Waals surface area (Å²) in [5, 5.41) is 2.67. The molecule has 2 aromatic heterocycles. The number of aromatic nitrogens is 2. The van der Waals surface area contributed by atoms with Crippen LogP contribution in [0.3, 0.4) is 0 Å². The van der Waals surface area contributed by atoms with E-state index in [0.717, 1.165) is 25.6 Å². The molecular formula is C21H17IN4O2S2. The molecule has 0 fully saturated rings. The maximum absolute atomic E-state index is 12.8. The van der Waals surface area contributed by atoms with Crippen LogP contribution in [0.4, 0.5) is 22.2 Å². The van der Waals surface area contributed by atoms with Crippen LogP contribution in [0.25, 0.3) is 0 Å². The number of sulfonamides is 1. The van der Waals surface area contributed by atoms with Crippen molar-refractivity contribution in [1.29, 1.82) is 0 Å². The second-order valence-electron chi connectivity index (χ2n) is 6.42. The minimum Gasteiger partial charge on any atom is -0.285 e. The molecular weight excluding hydrogens is 531 g/mol. The Morgan fingerprint density at radius 3 is 2.53 bits per heavy atom. The van der Waals surface area contributed by atoms with Gasteiger partial charge in [0.05, 0.1) is 28.2 Å². The van der Waals surface area contributed by atoms with Gasteiger partial charge in [0.15, 0.2) is 5.13 Å². The molecule has 0 amide bonds. The first-order valence-corrected chi connectivity index (χ1v) is 12.4. The fourth-order valence-corrected chi connectivity index (χ4v) is 4.99. The molecule has 0 bridgehead atoms. The smallest absolute Gasteiger partial charge is 0.261 e. The van der Waals surface area contributed by atoms with E-state index in [1.54, 1.807) is 48.9 Å². The molecule has 0 saturated heterocycles. The number of halogens is 1. The molecule has 4 rings (SSSR count). The van der Waals surface area contributed by atoms with Gasteiger partial charge in [0.25, 0.3) is 10.0 Å². The van der Waals surface area contributed by atoms with Crippen molar-refractivity contribution in [3.05, 3.63) is 87.7 Å². The normalized spacial score (nSPS) is 11.3. The van der Waals surface area contributed by atoms with Gasteiger partial charge in [-0.3, -0.25) is 14.6 Å². The highest BCUT2D eigenvalue weighted by molar-refractivity contribution is 14.1. The van der Waals surface area contributed by atoms with E-state index < -0.39 is 10.0 Å². The first-order chi connectivity index (χ1) is 14.4. The number of nitrogens with one attached hydrogen (secondary N) is 1. The van der Waals surface area contributed by atoms with E-state index in [4.69, 9.17) is 0 Å². The van der Waals surface area contributed by atoms with Crippen molar-refractivity contribution in [2.45, 2.75) is 11.8 Å². The summed E-state index contributed by atoms with van der Waals surface area (Å²) in [5.74, 6) is 0. The Kier molecular flexibility index (Phi) is 6.02. The summed E-state index contributed by atoms with van der Waals surface area (Å²) in [6.45, 7) is 1.98. The molecule has 152 valence electrons. The van der Waals surface area contributed by atoms with Crippen LogP contribution in [0.5, 0.6) is 0 Å². The summed E-state index contributed by atoms with van der Waals surface area (Å²) in [6.07, 6.45) is 5.20. The first-order valence-electron chi connectivity index (χ1n) is 8.93. The summed E-state index contributed by atoms with van der Waals surface area (Å²) in [5.41, 5.74) is 3.11. The van der Waals surface area contributed by atoms with Crippen molar-refractivity contribution in [3.8, 4) is 0 Å². The molecule has 0 aliphatic rings. The third-order valence-corrected chi connectivity index (χ3v) is 7.21. The van der Waals surface area contributed by atoms with Gasteiger partial charge in [-0.15, -0.1) is 11.3 Å². The molecule has 4 aromatic rings. The molecule has 0 unspecified atom stereocenters. The van der Waals surface area contributed by atoms with Crippen molar-refractivity contribution in [1.82, 2.24) is 9.97 Å². The Labute approximate surface area is 192 Å². The summed E-state index contributed by atoms with van der Waals surface area (Å²) < 4.78 is 29.3. The summed E-state index contributed by atoms with van der Waals surface area (Å²) in [7, 11) is -3.70. The molecule has 0 aliphatic carbocycles. The van der Waals surface area contributed by atoms with Crippen LogP contribution < -0.4 is 9.62 Å². The summed E-state index contributed by atoms with van der Waals surface area (Å²) >= 11 is 3.64. The second-order valence-corrected chi connectivity index (χ2v) is 10.2. The number of hydrogen-bond acceptors (Lipinski definition) is 6. The molecule has 1 N–H and O–H groups in total. The van der Waals surface area contributed by atoms with E-state index in [1.807, 2.05) is 41.5 Å². The maximum atomic E-state index is 12.8. The molecule has 0 aliphatic heterocycles. The first kappa shape index (κ1) is 20.8. The number of nitrogens with zero attached hydrogens (tertiary/aromatic N) is 3. The predicted octanol–water partition coefficient (Wildman–Crippen LogP) is 5.72. The topological polar surface area (TPSA) is 75.2 Å². The van der Waals surface area contributed by atoms with E-state index in [9.17, 15) is 8.42 Å². The van der Waals surface area contributed by atoms with Gasteiger partial charge < -0.3 is 0 Å². The average molecular weight is 548 g/mol. The molecule has 6 nitrogen and oxygen atoms in total. The zero-order valence-electron chi connectivity index (χ0n) is 15.9. The third-order valence-electron chi connectivity index (χ3n) is 4.34. The van der Waals surface area contributed by atoms with E-state index in [0.29, 0.717) is 5.69 Å². The van der Waals surface area contributed by atoms with Gasteiger partial charge in [0, 0.05) is 21.3 Å². The van der Waals surface area contributed by atoms with E-state index >= 15 is 0 Å². The molecule has 9 heteroatoms. The van der Waals surface area contributed by atoms with Crippen molar-refractivity contribution in [3.63, 3.8) is 0 Å². The van der Waals surface area contributed by atoms with Crippen LogP contribution in [0.15, 0.2) is 83.5 Å². The minimum absolute atomic E-state index is 0.217. The number of hydrogen-bond donors (Lipinski definition) is 1. The van der Waals surface area contributed by atoms with Crippen LogP contribution in [0.2, 0.25) is 0 Å². The quantitative estimate of drug-likeness (QED) is 0.312. The SMILES string of the molecule is Cc1ccc(NS(=O)(=O)c2ccc(I)cc2)cc1N(c1cccnc1)c1nccs1. The molecule has 2 aromatic carbocycles. The molecule has 30 heavy (non-hydrogen) atoms. The number of thiazole rings is 1. The zero-order chi connectivity index (χ0) is 21.1. The molecule has 0 radical (unpaired) electrons. The fraction of sp³-hybridized carbons (Fsp3) is 0.0476. The number of rotatable bonds is 6. The van der Waals surface area contributed by atoms with Gasteiger partial charge in [-0.25, -0.2) is 13.4 Å². The Morgan fingerprint density at radius 1 is 1.07 bits per heavy atom. The van der Waals surface area contributed by atoms with Crippen LogP contribution in [0, 0.1) is 10.5 Å². The third kappa shape index (κ3) is 4.47. The van der Waals surface area contributed by atoms with Crippen LogP contribution in [0.1, 0.15) is 5.56 Å². The van der Waals surface area contributed by atoms with Crippen molar-refractivity contribution >= 4 is 66.1 Å². The minimum atomic E-state index is -3.70. The van der Waals surface area contributed by atoms with E-state index in [2.05, 4.69) is 37.3 Å². The van der Waals surface area contributed by atoms with Gasteiger partial charge in [-0.05, 0) is 83.6 Å². The van der Waals surface area contributed by atoms with E-state index in [-0.39, 0.29) is 4.90 Å². The number of anilines is 4. The molecule has 0 spiro atoms. The van der Waals surface area contributed by atoms with Crippen molar-refractivity contribution < 1.29 is 8.42 Å². The standard InChI is InChI=1S/C21H17IN4O2S2/c1-15-4-7-17(25-30(27,28)19-8-5-16(22)6-9-19)13-20(15)26(21-24-11-12-29-21)18-3-2-10-23-14-18/h2-14,25H,1H3. The van der Waals surface area contributed by atoms with E-state index in [1.165, 1.54) is 11.3 Å². The highest BCUT2D eigenvalue weighted by Gasteiger charge is 2.19. The van der Waals surface area contributed by atoms with Crippen LogP contribution in [-0.4, -0.2) is 18.4 Å². The fourth-order valence-electron chi connectivity index (χ4n) is 2.91. The van der Waals surface area contributed by atoms with Crippen LogP contribution in [-0.2, 0) is 10.0 Å². The Balaban J connectivity index is 1.74. The second kappa shape index (κ2) is 8.70. The number of aryl methyl sites for hydroxylation is 1. The van der Waals surface area contributed by atoms with Gasteiger partial charge in [0.2, 0.25) is 0 Å². The lowest BCUT2D eigenvalue weighted by Crippen LogP contribution is -2.15. The lowest BCUT2D eigenvalue weighted by Gasteiger charge is -2.24. The summed E-state index contributed by atoms with van der Waals surface area (Å²) in [6, 6.07) is 16.0. The Morgan fingerprint density at radius 2 is 1.87 bits per heavy atom. The van der Waals surface area contributed by atoms with Crippen molar-refractivity contribution in [2.24, 2.45) is 0 Å². The van der Waals surface area contributed by atoms with Gasteiger partial charge >= 0.3 is 0 Å². The van der Waals surface area contributed by atoms with Gasteiger partial charge in [-0.2, -0.15) is 0 Å². The zero-order valence-corrected chi connectivity index (χ0v) is 19.6. The molecule has 2 heterocycles. The molecule has 0 atom stereocenters. The maximum Gasteiger partial charge on any atom is 0.261 e. The Bertz CT molecular complexity index is 1250. The number of pyridine rings is 1. The molecule has 0 saturated carbocycles. The van der Waals surface area contributed by atoms with Gasteiger partial charge in [-0.1, -0.05) is 6.07 Å². The predicted molar refractivity (Wildman–Crippen MR) is 129 cm³/mol. The lowest BCUT2D eigenvalue weighted by molar-refractivity contribution is 0.601.